The van der Waals surface area contributed by atoms with E-state index in [1.54, 1.807) is 0 Å². The number of hydrogen-bond donors (Lipinski definition) is 0. The van der Waals surface area contributed by atoms with Crippen LogP contribution in [-0.4, -0.2) is 0 Å². The molecule has 11 aromatic rings. The summed E-state index contributed by atoms with van der Waals surface area (Å²) in [5.41, 5.74) is 20.6. The Bertz CT molecular complexity index is 4220. The zero-order valence-electron chi connectivity index (χ0n) is 41.6. The second kappa shape index (κ2) is 14.9. The highest BCUT2D eigenvalue weighted by Gasteiger charge is 2.62. The van der Waals surface area contributed by atoms with E-state index in [0.717, 1.165) is 89.7 Å². The Morgan fingerprint density at radius 3 is 1.93 bits per heavy atom. The van der Waals surface area contributed by atoms with E-state index in [1.165, 1.54) is 50.1 Å². The van der Waals surface area contributed by atoms with Gasteiger partial charge in [-0.2, -0.15) is 0 Å². The number of ether oxygens (including phenoxy) is 1. The number of nitrogens with zero attached hydrogens (tertiary/aromatic N) is 2. The van der Waals surface area contributed by atoms with Crippen LogP contribution in [0.1, 0.15) is 67.2 Å². The summed E-state index contributed by atoms with van der Waals surface area (Å²) in [5.74, 6) is 2.92. The van der Waals surface area contributed by atoms with Gasteiger partial charge in [-0.1, -0.05) is 160 Å². The van der Waals surface area contributed by atoms with Crippen molar-refractivity contribution < 1.29 is 13.6 Å². The largest absolute Gasteiger partial charge is 0.460 e. The maximum absolute atomic E-state index is 7.41. The third-order valence-corrected chi connectivity index (χ3v) is 17.6. The summed E-state index contributed by atoms with van der Waals surface area (Å²) in [6, 6.07) is 77.3. The van der Waals surface area contributed by atoms with Crippen LogP contribution in [0.25, 0.3) is 49.6 Å². The molecule has 5 unspecified atom stereocenters. The molecule has 5 heteroatoms. The van der Waals surface area contributed by atoms with Gasteiger partial charge in [-0.05, 0) is 119 Å². The van der Waals surface area contributed by atoms with Crippen LogP contribution in [0.5, 0.6) is 11.5 Å². The first-order valence-corrected chi connectivity index (χ1v) is 26.1. The van der Waals surface area contributed by atoms with Crippen molar-refractivity contribution in [3.63, 3.8) is 0 Å². The number of furan rings is 2. The Morgan fingerprint density at radius 2 is 1.15 bits per heavy atom. The van der Waals surface area contributed by atoms with Crippen molar-refractivity contribution >= 4 is 66.9 Å². The summed E-state index contributed by atoms with van der Waals surface area (Å²) < 4.78 is 21.6. The van der Waals surface area contributed by atoms with Gasteiger partial charge in [-0.15, -0.1) is 0 Å². The van der Waals surface area contributed by atoms with E-state index >= 15 is 0 Å². The van der Waals surface area contributed by atoms with Gasteiger partial charge in [0, 0.05) is 73.5 Å². The van der Waals surface area contributed by atoms with Crippen LogP contribution < -0.4 is 14.5 Å². The van der Waals surface area contributed by atoms with Crippen molar-refractivity contribution in [1.29, 1.82) is 0 Å². The van der Waals surface area contributed by atoms with Gasteiger partial charge in [-0.3, -0.25) is 0 Å². The summed E-state index contributed by atoms with van der Waals surface area (Å²) in [7, 11) is 0. The molecule has 0 saturated heterocycles. The van der Waals surface area contributed by atoms with E-state index in [9.17, 15) is 0 Å². The third kappa shape index (κ3) is 5.18. The molecule has 0 radical (unpaired) electrons. The SMILES string of the molecule is CC1C2=C3C(C)C4=C1C(C)c1oc5ccccc5c1C4(C)N(c1ccc4oc5cccc(N(c6ccccc6)c6ccccc6)c5c4c1)c1cc(-c4ccccc4)c4c(c1)C3(c1ccccc1O4)c1ccccc12. The standard InChI is InChI=1S/C69H50N2O3/c1-40-60-41(2)66-65(49-28-15-18-32-56(49)73-66)68(4)63(60)42(3)64-61(40)48-27-14-16-29-52(48)69(64)53-30-17-19-33-58(53)74-67-50(43-21-8-5-9-22-43)38-47(39-54(67)69)71(68)46-35-36-57-51(37-46)62-55(31-20-34-59(62)72-57)70(44-23-10-6-11-24-44)45-25-12-7-13-26-45/h5-42H,1-4H3. The van der Waals surface area contributed by atoms with E-state index in [2.05, 4.69) is 250 Å². The predicted octanol–water partition coefficient (Wildman–Crippen LogP) is 18.4. The molecule has 16 rings (SSSR count). The average molecular weight is 955 g/mol. The lowest BCUT2D eigenvalue weighted by molar-refractivity contribution is 0.402. The van der Waals surface area contributed by atoms with E-state index in [1.807, 2.05) is 0 Å². The van der Waals surface area contributed by atoms with Crippen LogP contribution in [-0.2, 0) is 11.0 Å². The van der Waals surface area contributed by atoms with Crippen LogP contribution in [0.2, 0.25) is 0 Å². The van der Waals surface area contributed by atoms with Crippen molar-refractivity contribution in [2.75, 3.05) is 9.80 Å². The molecule has 0 fully saturated rings. The van der Waals surface area contributed by atoms with Crippen molar-refractivity contribution in [3.05, 3.63) is 263 Å². The van der Waals surface area contributed by atoms with E-state index < -0.39 is 11.0 Å². The molecule has 0 saturated carbocycles. The fourth-order valence-corrected chi connectivity index (χ4v) is 15.1. The first-order chi connectivity index (χ1) is 36.4. The Kier molecular flexibility index (Phi) is 8.41. The highest BCUT2D eigenvalue weighted by Crippen LogP contribution is 2.72. The first-order valence-electron chi connectivity index (χ1n) is 26.1. The monoisotopic (exact) mass is 954 g/mol. The molecular formula is C69H50N2O3. The maximum atomic E-state index is 7.41. The van der Waals surface area contributed by atoms with Crippen LogP contribution in [0.3, 0.4) is 0 Å². The molecule has 5 aliphatic rings. The summed E-state index contributed by atoms with van der Waals surface area (Å²) in [5, 5.41) is 3.24. The average Bonchev–Trinajstić information content (AvgIpc) is 4.18. The molecule has 5 atom stereocenters. The molecule has 5 nitrogen and oxygen atoms in total. The van der Waals surface area contributed by atoms with Gasteiger partial charge in [-0.25, -0.2) is 0 Å². The van der Waals surface area contributed by atoms with Gasteiger partial charge in [0.05, 0.1) is 22.0 Å². The van der Waals surface area contributed by atoms with Gasteiger partial charge in [0.2, 0.25) is 0 Å². The number of hydrogen-bond acceptors (Lipinski definition) is 5. The van der Waals surface area contributed by atoms with Crippen molar-refractivity contribution in [2.45, 2.75) is 44.6 Å². The minimum atomic E-state index is -0.780. The van der Waals surface area contributed by atoms with Crippen LogP contribution in [0, 0.1) is 11.8 Å². The summed E-state index contributed by atoms with van der Waals surface area (Å²) in [6.45, 7) is 9.91. The molecule has 0 amide bonds. The molecule has 4 bridgehead atoms. The minimum Gasteiger partial charge on any atom is -0.460 e. The molecule has 9 aromatic carbocycles. The number of allylic oxidation sites excluding steroid dienone is 3. The Morgan fingerprint density at radius 1 is 0.486 bits per heavy atom. The van der Waals surface area contributed by atoms with Gasteiger partial charge >= 0.3 is 0 Å². The number of fused-ring (bicyclic) bond motifs is 11. The second-order valence-corrected chi connectivity index (χ2v) is 21.2. The molecule has 1 spiro atoms. The minimum absolute atomic E-state index is 0.0100. The van der Waals surface area contributed by atoms with Crippen molar-refractivity contribution in [2.24, 2.45) is 11.8 Å². The van der Waals surface area contributed by atoms with Gasteiger partial charge in [0.15, 0.2) is 0 Å². The highest BCUT2D eigenvalue weighted by atomic mass is 16.5. The molecular weight excluding hydrogens is 905 g/mol. The van der Waals surface area contributed by atoms with Crippen LogP contribution in [0.15, 0.2) is 238 Å². The van der Waals surface area contributed by atoms with Gasteiger partial charge in [0.1, 0.15) is 34.0 Å². The summed E-state index contributed by atoms with van der Waals surface area (Å²) in [6.07, 6.45) is 0. The second-order valence-electron chi connectivity index (χ2n) is 21.2. The van der Waals surface area contributed by atoms with E-state index in [-0.39, 0.29) is 17.8 Å². The van der Waals surface area contributed by atoms with E-state index in [0.29, 0.717) is 0 Å². The molecule has 4 heterocycles. The number of rotatable bonds is 5. The van der Waals surface area contributed by atoms with Gasteiger partial charge in [0.25, 0.3) is 0 Å². The van der Waals surface area contributed by atoms with Crippen LogP contribution in [0.4, 0.5) is 28.4 Å². The smallest absolute Gasteiger partial charge is 0.140 e. The van der Waals surface area contributed by atoms with Gasteiger partial charge < -0.3 is 23.4 Å². The zero-order valence-corrected chi connectivity index (χ0v) is 41.6. The normalized spacial score (nSPS) is 21.7. The third-order valence-electron chi connectivity index (χ3n) is 17.6. The lowest BCUT2D eigenvalue weighted by atomic mass is 9.55. The summed E-state index contributed by atoms with van der Waals surface area (Å²) >= 11 is 0. The quantitative estimate of drug-likeness (QED) is 0.161. The Hall–Kier alpha value is -8.80. The molecule has 0 N–H and O–H groups in total. The Labute approximate surface area is 429 Å². The lowest BCUT2D eigenvalue weighted by Gasteiger charge is -2.53. The zero-order chi connectivity index (χ0) is 49.2. The van der Waals surface area contributed by atoms with Crippen LogP contribution >= 0.6 is 0 Å². The molecule has 3 aliphatic carbocycles. The Balaban J connectivity index is 1.08. The maximum Gasteiger partial charge on any atom is 0.140 e. The molecule has 354 valence electrons. The number of benzene rings is 9. The summed E-state index contributed by atoms with van der Waals surface area (Å²) in [4.78, 5) is 5.04. The van der Waals surface area contributed by atoms with E-state index in [4.69, 9.17) is 13.6 Å². The molecule has 2 aromatic heterocycles. The predicted molar refractivity (Wildman–Crippen MR) is 300 cm³/mol. The lowest BCUT2D eigenvalue weighted by Crippen LogP contribution is -2.49. The van der Waals surface area contributed by atoms with Crippen molar-refractivity contribution in [1.82, 2.24) is 0 Å². The highest BCUT2D eigenvalue weighted by molar-refractivity contribution is 6.14. The molecule has 74 heavy (non-hydrogen) atoms. The van der Waals surface area contributed by atoms with Crippen molar-refractivity contribution in [3.8, 4) is 22.6 Å². The fraction of sp³-hybridized carbons (Fsp3) is 0.130. The number of anilines is 5. The topological polar surface area (TPSA) is 42.0 Å². The molecule has 2 aliphatic heterocycles. The fourth-order valence-electron chi connectivity index (χ4n) is 15.1. The number of para-hydroxylation sites is 4. The first kappa shape index (κ1) is 41.8.